The van der Waals surface area contributed by atoms with Gasteiger partial charge in [0, 0.05) is 12.1 Å². The van der Waals surface area contributed by atoms with Gasteiger partial charge in [0.15, 0.2) is 0 Å². The molecule has 1 aromatic carbocycles. The highest BCUT2D eigenvalue weighted by molar-refractivity contribution is 5.85. The van der Waals surface area contributed by atoms with Crippen molar-refractivity contribution in [1.82, 2.24) is 5.32 Å². The molecule has 0 fully saturated rings. The van der Waals surface area contributed by atoms with Crippen LogP contribution in [0.2, 0.25) is 0 Å². The highest BCUT2D eigenvalue weighted by Gasteiger charge is 2.17. The van der Waals surface area contributed by atoms with Gasteiger partial charge in [-0.25, -0.2) is 0 Å². The Kier molecular flexibility index (Phi) is 5.41. The lowest BCUT2D eigenvalue weighted by Crippen LogP contribution is -2.24. The van der Waals surface area contributed by atoms with Crippen LogP contribution in [0.4, 0.5) is 5.69 Å². The number of aliphatic carboxylic acids is 1. The number of benzene rings is 1. The van der Waals surface area contributed by atoms with Gasteiger partial charge < -0.3 is 10.4 Å². The molecule has 16 heavy (non-hydrogen) atoms. The average molecular weight is 247 g/mol. The lowest BCUT2D eigenvalue weighted by atomic mass is 10.1. The second-order valence-corrected chi connectivity index (χ2v) is 2.91. The van der Waals surface area contributed by atoms with Gasteiger partial charge in [-0.2, -0.15) is 0 Å². The van der Waals surface area contributed by atoms with Crippen molar-refractivity contribution in [2.75, 3.05) is 7.05 Å². The van der Waals surface area contributed by atoms with E-state index in [0.29, 0.717) is 5.56 Å². The normalized spacial score (nSPS) is 11.3. The van der Waals surface area contributed by atoms with Gasteiger partial charge in [-0.1, -0.05) is 12.1 Å². The van der Waals surface area contributed by atoms with Gasteiger partial charge in [-0.15, -0.1) is 12.4 Å². The summed E-state index contributed by atoms with van der Waals surface area (Å²) in [4.78, 5) is 20.6. The summed E-state index contributed by atoms with van der Waals surface area (Å²) < 4.78 is 0. The van der Waals surface area contributed by atoms with Crippen LogP contribution >= 0.6 is 12.4 Å². The van der Waals surface area contributed by atoms with E-state index in [-0.39, 0.29) is 18.1 Å². The zero-order chi connectivity index (χ0) is 11.4. The topological polar surface area (TPSA) is 92.5 Å². The molecule has 0 saturated carbocycles. The number of nitro benzene ring substituents is 1. The van der Waals surface area contributed by atoms with Crippen molar-refractivity contribution in [1.29, 1.82) is 0 Å². The first-order valence-corrected chi connectivity index (χ1v) is 4.20. The number of halogens is 1. The molecule has 0 aliphatic carbocycles. The summed E-state index contributed by atoms with van der Waals surface area (Å²) in [7, 11) is 1.51. The Hall–Kier alpha value is -1.66. The molecule has 1 rings (SSSR count). The smallest absolute Gasteiger partial charge is 0.325 e. The van der Waals surface area contributed by atoms with Gasteiger partial charge in [0.1, 0.15) is 6.04 Å². The van der Waals surface area contributed by atoms with Crippen LogP contribution < -0.4 is 5.32 Å². The minimum atomic E-state index is -1.02. The number of nitrogens with zero attached hydrogens (tertiary/aromatic N) is 1. The first-order chi connectivity index (χ1) is 7.06. The Balaban J connectivity index is 0.00000225. The summed E-state index contributed by atoms with van der Waals surface area (Å²) in [5.74, 6) is -1.02. The molecule has 6 nitrogen and oxygen atoms in total. The van der Waals surface area contributed by atoms with E-state index in [1.165, 1.54) is 31.3 Å². The number of hydrogen-bond donors (Lipinski definition) is 2. The van der Waals surface area contributed by atoms with E-state index in [0.717, 1.165) is 0 Å². The van der Waals surface area contributed by atoms with E-state index in [1.807, 2.05) is 0 Å². The van der Waals surface area contributed by atoms with Crippen molar-refractivity contribution in [3.8, 4) is 0 Å². The third-order valence-electron chi connectivity index (χ3n) is 1.97. The Bertz CT molecular complexity index is 380. The van der Waals surface area contributed by atoms with Crippen LogP contribution in [-0.4, -0.2) is 23.0 Å². The molecule has 0 aromatic heterocycles. The molecule has 7 heteroatoms. The highest BCUT2D eigenvalue weighted by Crippen LogP contribution is 2.17. The predicted molar refractivity (Wildman–Crippen MR) is 59.8 cm³/mol. The molecule has 2 N–H and O–H groups in total. The minimum absolute atomic E-state index is 0. The van der Waals surface area contributed by atoms with Crippen LogP contribution in [0.25, 0.3) is 0 Å². The largest absolute Gasteiger partial charge is 0.480 e. The van der Waals surface area contributed by atoms with Crippen molar-refractivity contribution in [2.45, 2.75) is 6.04 Å². The second-order valence-electron chi connectivity index (χ2n) is 2.91. The van der Waals surface area contributed by atoms with E-state index in [2.05, 4.69) is 5.32 Å². The number of nitro groups is 1. The molecule has 0 bridgehead atoms. The summed E-state index contributed by atoms with van der Waals surface area (Å²) in [5.41, 5.74) is 0.426. The molecule has 88 valence electrons. The fourth-order valence-electron chi connectivity index (χ4n) is 1.22. The molecule has 0 radical (unpaired) electrons. The standard InChI is InChI=1S/C9H10N2O4.ClH/c1-10-8(9(12)13)6-2-4-7(5-3-6)11(14)15;/h2-5,8,10H,1H3,(H,12,13);1H. The van der Waals surface area contributed by atoms with Gasteiger partial charge >= 0.3 is 5.97 Å². The number of nitrogens with one attached hydrogen (secondary N) is 1. The van der Waals surface area contributed by atoms with E-state index < -0.39 is 16.9 Å². The number of carboxylic acid groups (broad SMARTS) is 1. The van der Waals surface area contributed by atoms with Gasteiger partial charge in [-0.3, -0.25) is 14.9 Å². The molecule has 1 aromatic rings. The third kappa shape index (κ3) is 3.18. The van der Waals surface area contributed by atoms with Crippen LogP contribution in [0.5, 0.6) is 0 Å². The van der Waals surface area contributed by atoms with E-state index in [4.69, 9.17) is 5.11 Å². The molecular weight excluding hydrogens is 236 g/mol. The molecular formula is C9H11ClN2O4. The van der Waals surface area contributed by atoms with Gasteiger partial charge in [-0.05, 0) is 12.6 Å². The van der Waals surface area contributed by atoms with E-state index >= 15 is 0 Å². The minimum Gasteiger partial charge on any atom is -0.480 e. The molecule has 0 amide bonds. The third-order valence-corrected chi connectivity index (χ3v) is 1.97. The van der Waals surface area contributed by atoms with Crippen molar-refractivity contribution in [3.05, 3.63) is 39.9 Å². The molecule has 0 heterocycles. The van der Waals surface area contributed by atoms with E-state index in [1.54, 1.807) is 0 Å². The SMILES string of the molecule is CNC(C(=O)O)c1ccc([N+](=O)[O-])cc1.Cl. The summed E-state index contributed by atoms with van der Waals surface area (Å²) in [6.07, 6.45) is 0. The van der Waals surface area contributed by atoms with E-state index in [9.17, 15) is 14.9 Å². The summed E-state index contributed by atoms with van der Waals surface area (Å²) in [6, 6.07) is 4.57. The zero-order valence-corrected chi connectivity index (χ0v) is 9.23. The molecule has 0 aliphatic heterocycles. The van der Waals surface area contributed by atoms with Crippen LogP contribution in [-0.2, 0) is 4.79 Å². The Morgan fingerprint density at radius 3 is 2.25 bits per heavy atom. The number of rotatable bonds is 4. The predicted octanol–water partition coefficient (Wildman–Crippen LogP) is 1.36. The van der Waals surface area contributed by atoms with Crippen molar-refractivity contribution in [3.63, 3.8) is 0 Å². The lowest BCUT2D eigenvalue weighted by Gasteiger charge is -2.10. The van der Waals surface area contributed by atoms with Crippen molar-refractivity contribution >= 4 is 24.1 Å². The first kappa shape index (κ1) is 14.3. The maximum Gasteiger partial charge on any atom is 0.325 e. The number of carboxylic acids is 1. The molecule has 1 atom stereocenters. The monoisotopic (exact) mass is 246 g/mol. The van der Waals surface area contributed by atoms with Crippen molar-refractivity contribution in [2.24, 2.45) is 0 Å². The highest BCUT2D eigenvalue weighted by atomic mass is 35.5. The van der Waals surface area contributed by atoms with Crippen LogP contribution in [0, 0.1) is 10.1 Å². The number of non-ortho nitro benzene ring substituents is 1. The number of carbonyl (C=O) groups is 1. The van der Waals surface area contributed by atoms with Crippen LogP contribution in [0.3, 0.4) is 0 Å². The Labute approximate surface area is 97.8 Å². The average Bonchev–Trinajstić information content (AvgIpc) is 2.19. The number of likely N-dealkylation sites (N-methyl/N-ethyl adjacent to an activating group) is 1. The number of hydrogen-bond acceptors (Lipinski definition) is 4. The van der Waals surface area contributed by atoms with Gasteiger partial charge in [0.2, 0.25) is 0 Å². The molecule has 0 spiro atoms. The van der Waals surface area contributed by atoms with Gasteiger partial charge in [0.25, 0.3) is 5.69 Å². The lowest BCUT2D eigenvalue weighted by molar-refractivity contribution is -0.384. The van der Waals surface area contributed by atoms with Crippen LogP contribution in [0.15, 0.2) is 24.3 Å². The fraction of sp³-hybridized carbons (Fsp3) is 0.222. The zero-order valence-electron chi connectivity index (χ0n) is 8.41. The summed E-state index contributed by atoms with van der Waals surface area (Å²) in [5, 5.41) is 21.8. The van der Waals surface area contributed by atoms with Crippen LogP contribution in [0.1, 0.15) is 11.6 Å². The molecule has 1 unspecified atom stereocenters. The Morgan fingerprint density at radius 2 is 1.94 bits per heavy atom. The maximum atomic E-state index is 10.8. The maximum absolute atomic E-state index is 10.8. The Morgan fingerprint density at radius 1 is 1.44 bits per heavy atom. The quantitative estimate of drug-likeness (QED) is 0.618. The first-order valence-electron chi connectivity index (χ1n) is 4.20. The van der Waals surface area contributed by atoms with Gasteiger partial charge in [0.05, 0.1) is 4.92 Å². The van der Waals surface area contributed by atoms with Crippen molar-refractivity contribution < 1.29 is 14.8 Å². The molecule has 0 saturated heterocycles. The summed E-state index contributed by atoms with van der Waals surface area (Å²) in [6.45, 7) is 0. The summed E-state index contributed by atoms with van der Waals surface area (Å²) >= 11 is 0. The molecule has 0 aliphatic rings. The second kappa shape index (κ2) is 6.04. The fourth-order valence-corrected chi connectivity index (χ4v) is 1.22.